The molecule has 3 rings (SSSR count). The van der Waals surface area contributed by atoms with Gasteiger partial charge in [-0.1, -0.05) is 24.3 Å². The molecule has 0 fully saturated rings. The summed E-state index contributed by atoms with van der Waals surface area (Å²) in [7, 11) is 0. The van der Waals surface area contributed by atoms with Gasteiger partial charge in [0, 0.05) is 11.8 Å². The van der Waals surface area contributed by atoms with Crippen molar-refractivity contribution in [2.75, 3.05) is 11.1 Å². The first-order valence-electron chi connectivity index (χ1n) is 6.59. The van der Waals surface area contributed by atoms with Crippen molar-refractivity contribution in [3.05, 3.63) is 66.1 Å². The lowest BCUT2D eigenvalue weighted by Gasteiger charge is -2.10. The van der Waals surface area contributed by atoms with E-state index < -0.39 is 0 Å². The van der Waals surface area contributed by atoms with Crippen LogP contribution in [0.25, 0.3) is 0 Å². The molecule has 1 heterocycles. The zero-order valence-electron chi connectivity index (χ0n) is 11.5. The molecule has 0 saturated carbocycles. The second kappa shape index (κ2) is 6.32. The summed E-state index contributed by atoms with van der Waals surface area (Å²) in [4.78, 5) is 7.88. The van der Waals surface area contributed by atoms with Crippen LogP contribution in [0.5, 0.6) is 11.5 Å². The first-order valence-corrected chi connectivity index (χ1v) is 6.96. The summed E-state index contributed by atoms with van der Waals surface area (Å²) in [5.74, 6) is 1.93. The molecule has 0 spiro atoms. The van der Waals surface area contributed by atoms with Crippen molar-refractivity contribution in [2.45, 2.75) is 0 Å². The van der Waals surface area contributed by atoms with E-state index in [4.69, 9.17) is 22.1 Å². The molecule has 1 aromatic heterocycles. The Bertz CT molecular complexity index is 780. The van der Waals surface area contributed by atoms with Gasteiger partial charge in [0.25, 0.3) is 0 Å². The third-order valence-electron chi connectivity index (χ3n) is 2.86. The number of nitrogen functional groups attached to an aromatic ring is 1. The SMILES string of the molecule is Nc1cnc(Cl)nc1Nc1cccc(Oc2ccccc2)c1. The fraction of sp³-hybridized carbons (Fsp3) is 0. The molecule has 0 atom stereocenters. The normalized spacial score (nSPS) is 10.2. The molecule has 6 heteroatoms. The number of anilines is 3. The molecule has 0 aliphatic carbocycles. The summed E-state index contributed by atoms with van der Waals surface area (Å²) < 4.78 is 5.78. The van der Waals surface area contributed by atoms with Crippen molar-refractivity contribution in [1.82, 2.24) is 9.97 Å². The molecule has 5 nitrogen and oxygen atoms in total. The number of ether oxygens (including phenoxy) is 1. The highest BCUT2D eigenvalue weighted by Gasteiger charge is 2.05. The van der Waals surface area contributed by atoms with Gasteiger partial charge in [-0.15, -0.1) is 0 Å². The Kier molecular flexibility index (Phi) is 4.07. The lowest BCUT2D eigenvalue weighted by molar-refractivity contribution is 0.483. The minimum atomic E-state index is 0.133. The van der Waals surface area contributed by atoms with Crippen LogP contribution in [0, 0.1) is 0 Å². The summed E-state index contributed by atoms with van der Waals surface area (Å²) in [6.07, 6.45) is 1.46. The first-order chi connectivity index (χ1) is 10.7. The van der Waals surface area contributed by atoms with Crippen molar-refractivity contribution in [1.29, 1.82) is 0 Å². The monoisotopic (exact) mass is 312 g/mol. The minimum Gasteiger partial charge on any atom is -0.457 e. The van der Waals surface area contributed by atoms with E-state index in [0.717, 1.165) is 11.4 Å². The number of aromatic nitrogens is 2. The molecule has 3 aromatic rings. The second-order valence-corrected chi connectivity index (χ2v) is 4.85. The van der Waals surface area contributed by atoms with Crippen LogP contribution in [0.15, 0.2) is 60.8 Å². The maximum Gasteiger partial charge on any atom is 0.224 e. The molecule has 3 N–H and O–H groups in total. The van der Waals surface area contributed by atoms with Crippen molar-refractivity contribution in [3.63, 3.8) is 0 Å². The Morgan fingerprint density at radius 1 is 1.00 bits per heavy atom. The van der Waals surface area contributed by atoms with Gasteiger partial charge in [0.15, 0.2) is 5.82 Å². The van der Waals surface area contributed by atoms with E-state index in [0.29, 0.717) is 17.3 Å². The van der Waals surface area contributed by atoms with Crippen LogP contribution in [0.2, 0.25) is 5.28 Å². The number of rotatable bonds is 4. The van der Waals surface area contributed by atoms with Gasteiger partial charge < -0.3 is 15.8 Å². The third kappa shape index (κ3) is 3.45. The van der Waals surface area contributed by atoms with Gasteiger partial charge in [-0.25, -0.2) is 4.98 Å². The molecular weight excluding hydrogens is 300 g/mol. The maximum absolute atomic E-state index is 5.82. The fourth-order valence-electron chi connectivity index (χ4n) is 1.87. The number of para-hydroxylation sites is 1. The lowest BCUT2D eigenvalue weighted by atomic mass is 10.3. The topological polar surface area (TPSA) is 73.1 Å². The summed E-state index contributed by atoms with van der Waals surface area (Å²) in [6.45, 7) is 0. The molecule has 110 valence electrons. The minimum absolute atomic E-state index is 0.133. The van der Waals surface area contributed by atoms with E-state index in [2.05, 4.69) is 15.3 Å². The van der Waals surface area contributed by atoms with Gasteiger partial charge in [0.05, 0.1) is 11.9 Å². The highest BCUT2D eigenvalue weighted by molar-refractivity contribution is 6.28. The predicted octanol–water partition coefficient (Wildman–Crippen LogP) is 4.25. The summed E-state index contributed by atoms with van der Waals surface area (Å²) in [6, 6.07) is 17.0. The average Bonchev–Trinajstić information content (AvgIpc) is 2.52. The van der Waals surface area contributed by atoms with E-state index in [1.54, 1.807) is 0 Å². The Hall–Kier alpha value is -2.79. The summed E-state index contributed by atoms with van der Waals surface area (Å²) in [5, 5.41) is 3.23. The van der Waals surface area contributed by atoms with E-state index in [9.17, 15) is 0 Å². The van der Waals surface area contributed by atoms with Gasteiger partial charge in [0.2, 0.25) is 5.28 Å². The number of nitrogens with zero attached hydrogens (tertiary/aromatic N) is 2. The average molecular weight is 313 g/mol. The largest absolute Gasteiger partial charge is 0.457 e. The van der Waals surface area contributed by atoms with Crippen LogP contribution in [-0.4, -0.2) is 9.97 Å². The molecule has 2 aromatic carbocycles. The molecule has 0 bridgehead atoms. The molecular formula is C16H13ClN4O. The van der Waals surface area contributed by atoms with Crippen molar-refractivity contribution in [3.8, 4) is 11.5 Å². The number of hydrogen-bond acceptors (Lipinski definition) is 5. The van der Waals surface area contributed by atoms with E-state index >= 15 is 0 Å². The van der Waals surface area contributed by atoms with Crippen molar-refractivity contribution < 1.29 is 4.74 Å². The first kappa shape index (κ1) is 14.2. The number of benzene rings is 2. The Labute approximate surface area is 132 Å². The van der Waals surface area contributed by atoms with Gasteiger partial charge in [0.1, 0.15) is 11.5 Å². The van der Waals surface area contributed by atoms with Gasteiger partial charge >= 0.3 is 0 Å². The molecule has 0 aliphatic heterocycles. The Morgan fingerprint density at radius 3 is 2.59 bits per heavy atom. The van der Waals surface area contributed by atoms with E-state index in [-0.39, 0.29) is 5.28 Å². The Balaban J connectivity index is 1.81. The van der Waals surface area contributed by atoms with Gasteiger partial charge in [-0.3, -0.25) is 0 Å². The Morgan fingerprint density at radius 2 is 1.77 bits per heavy atom. The molecule has 0 radical (unpaired) electrons. The van der Waals surface area contributed by atoms with Crippen molar-refractivity contribution in [2.24, 2.45) is 0 Å². The standard InChI is InChI=1S/C16H13ClN4O/c17-16-19-10-14(18)15(21-16)20-11-5-4-8-13(9-11)22-12-6-2-1-3-7-12/h1-10H,18H2,(H,19,20,21). The number of hydrogen-bond donors (Lipinski definition) is 2. The van der Waals surface area contributed by atoms with Crippen LogP contribution in [-0.2, 0) is 0 Å². The van der Waals surface area contributed by atoms with E-state index in [1.165, 1.54) is 6.20 Å². The van der Waals surface area contributed by atoms with Crippen LogP contribution < -0.4 is 15.8 Å². The van der Waals surface area contributed by atoms with Crippen LogP contribution in [0.3, 0.4) is 0 Å². The third-order valence-corrected chi connectivity index (χ3v) is 3.05. The zero-order valence-corrected chi connectivity index (χ0v) is 12.3. The second-order valence-electron chi connectivity index (χ2n) is 4.51. The summed E-state index contributed by atoms with van der Waals surface area (Å²) in [5.41, 5.74) is 7.02. The number of nitrogens with two attached hydrogens (primary N) is 1. The predicted molar refractivity (Wildman–Crippen MR) is 87.7 cm³/mol. The van der Waals surface area contributed by atoms with Gasteiger partial charge in [-0.2, -0.15) is 4.98 Å². The van der Waals surface area contributed by atoms with Gasteiger partial charge in [-0.05, 0) is 35.9 Å². The molecule has 0 unspecified atom stereocenters. The highest BCUT2D eigenvalue weighted by Crippen LogP contribution is 2.27. The molecule has 0 saturated heterocycles. The zero-order chi connectivity index (χ0) is 15.4. The molecule has 0 amide bonds. The quantitative estimate of drug-likeness (QED) is 0.705. The van der Waals surface area contributed by atoms with Crippen LogP contribution in [0.4, 0.5) is 17.2 Å². The van der Waals surface area contributed by atoms with Crippen LogP contribution in [0.1, 0.15) is 0 Å². The number of nitrogens with one attached hydrogen (secondary N) is 1. The van der Waals surface area contributed by atoms with Crippen LogP contribution >= 0.6 is 11.6 Å². The highest BCUT2D eigenvalue weighted by atomic mass is 35.5. The summed E-state index contributed by atoms with van der Waals surface area (Å²) >= 11 is 5.78. The molecule has 22 heavy (non-hydrogen) atoms. The smallest absolute Gasteiger partial charge is 0.224 e. The molecule has 0 aliphatic rings. The fourth-order valence-corrected chi connectivity index (χ4v) is 2.00. The number of halogens is 1. The van der Waals surface area contributed by atoms with E-state index in [1.807, 2.05) is 54.6 Å². The lowest BCUT2D eigenvalue weighted by Crippen LogP contribution is -2.00. The maximum atomic E-state index is 5.82. The van der Waals surface area contributed by atoms with Crippen molar-refractivity contribution >= 4 is 28.8 Å².